The first-order valence-corrected chi connectivity index (χ1v) is 13.4. The molecule has 0 fully saturated rings. The third-order valence-electron chi connectivity index (χ3n) is 5.67. The summed E-state index contributed by atoms with van der Waals surface area (Å²) in [6.07, 6.45) is 1.39. The molecule has 0 aliphatic carbocycles. The second-order valence-corrected chi connectivity index (χ2v) is 10.2. The number of benzene rings is 3. The van der Waals surface area contributed by atoms with Crippen molar-refractivity contribution in [1.29, 1.82) is 0 Å². The number of nitrogens with zero attached hydrogens (tertiary/aromatic N) is 3. The molecule has 1 amide bonds. The molecule has 40 heavy (non-hydrogen) atoms. The average molecular weight is 561 g/mol. The standard InChI is InChI=1S/C27H24N6O6S/c1-37-20-12-18(13-21(15-20)38-2)30-26-27(32-24-9-4-3-8-23(24)31-26)33-40(35,36)22-7-5-6-17(14-22)29-25(34)16-19-10-11-28-39-19/h3-15H,16H2,1-2H3,(H,29,34)(H,30,31)(H,32,33). The number of ether oxygens (including phenoxy) is 2. The molecule has 0 aliphatic heterocycles. The fourth-order valence-electron chi connectivity index (χ4n) is 3.80. The minimum absolute atomic E-state index is 0.0276. The second kappa shape index (κ2) is 11.3. The van der Waals surface area contributed by atoms with Crippen LogP contribution in [0.2, 0.25) is 0 Å². The summed E-state index contributed by atoms with van der Waals surface area (Å²) in [7, 11) is -1.10. The van der Waals surface area contributed by atoms with E-state index in [4.69, 9.17) is 14.0 Å². The van der Waals surface area contributed by atoms with Crippen molar-refractivity contribution >= 4 is 50.0 Å². The topological polar surface area (TPSA) is 158 Å². The highest BCUT2D eigenvalue weighted by Crippen LogP contribution is 2.31. The zero-order valence-corrected chi connectivity index (χ0v) is 22.2. The summed E-state index contributed by atoms with van der Waals surface area (Å²) in [4.78, 5) is 21.4. The van der Waals surface area contributed by atoms with Crippen LogP contribution in [0.1, 0.15) is 5.76 Å². The van der Waals surface area contributed by atoms with Gasteiger partial charge in [-0.05, 0) is 30.3 Å². The van der Waals surface area contributed by atoms with Crippen molar-refractivity contribution in [2.75, 3.05) is 29.6 Å². The molecule has 3 N–H and O–H groups in total. The van der Waals surface area contributed by atoms with Gasteiger partial charge in [0.2, 0.25) is 5.91 Å². The van der Waals surface area contributed by atoms with Gasteiger partial charge in [-0.15, -0.1) is 0 Å². The average Bonchev–Trinajstić information content (AvgIpc) is 3.46. The lowest BCUT2D eigenvalue weighted by atomic mass is 10.2. The Morgan fingerprint density at radius 1 is 0.850 bits per heavy atom. The molecule has 3 aromatic carbocycles. The molecule has 0 saturated carbocycles. The molecule has 0 unspecified atom stereocenters. The van der Waals surface area contributed by atoms with Crippen molar-refractivity contribution < 1.29 is 27.2 Å². The number of fused-ring (bicyclic) bond motifs is 1. The van der Waals surface area contributed by atoms with Gasteiger partial charge in [0.25, 0.3) is 10.0 Å². The van der Waals surface area contributed by atoms with Gasteiger partial charge in [-0.3, -0.25) is 9.52 Å². The van der Waals surface area contributed by atoms with Crippen LogP contribution in [-0.4, -0.2) is 43.7 Å². The summed E-state index contributed by atoms with van der Waals surface area (Å²) < 4.78 is 45.1. The van der Waals surface area contributed by atoms with Crippen LogP contribution in [-0.2, 0) is 21.2 Å². The summed E-state index contributed by atoms with van der Waals surface area (Å²) in [5.74, 6) is 1.18. The first-order valence-electron chi connectivity index (χ1n) is 11.9. The van der Waals surface area contributed by atoms with Gasteiger partial charge in [0.05, 0.1) is 42.8 Å². The molecule has 13 heteroatoms. The smallest absolute Gasteiger partial charge is 0.263 e. The van der Waals surface area contributed by atoms with E-state index in [0.29, 0.717) is 39.7 Å². The summed E-state index contributed by atoms with van der Waals surface area (Å²) in [6, 6.07) is 19.6. The molecule has 2 heterocycles. The quantitative estimate of drug-likeness (QED) is 0.224. The number of sulfonamides is 1. The fraction of sp³-hybridized carbons (Fsp3) is 0.111. The molecule has 5 rings (SSSR count). The van der Waals surface area contributed by atoms with E-state index in [9.17, 15) is 13.2 Å². The summed E-state index contributed by atoms with van der Waals surface area (Å²) in [5.41, 5.74) is 1.87. The number of hydrogen-bond donors (Lipinski definition) is 3. The van der Waals surface area contributed by atoms with Crippen LogP contribution in [0.4, 0.5) is 23.0 Å². The number of hydrogen-bond acceptors (Lipinski definition) is 10. The van der Waals surface area contributed by atoms with Crippen LogP contribution >= 0.6 is 0 Å². The number of aromatic nitrogens is 3. The third kappa shape index (κ3) is 6.10. The van der Waals surface area contributed by atoms with Crippen LogP contribution < -0.4 is 24.8 Å². The third-order valence-corrected chi connectivity index (χ3v) is 7.01. The minimum atomic E-state index is -4.15. The largest absolute Gasteiger partial charge is 0.497 e. The highest BCUT2D eigenvalue weighted by atomic mass is 32.2. The Bertz CT molecular complexity index is 1750. The number of para-hydroxylation sites is 2. The summed E-state index contributed by atoms with van der Waals surface area (Å²) in [6.45, 7) is 0. The lowest BCUT2D eigenvalue weighted by molar-refractivity contribution is -0.115. The number of carbonyl (C=O) groups is 1. The molecule has 0 bridgehead atoms. The Kier molecular flexibility index (Phi) is 7.46. The number of methoxy groups -OCH3 is 2. The molecule has 12 nitrogen and oxygen atoms in total. The predicted molar refractivity (Wildman–Crippen MR) is 148 cm³/mol. The highest BCUT2D eigenvalue weighted by molar-refractivity contribution is 7.92. The maximum Gasteiger partial charge on any atom is 0.263 e. The number of rotatable bonds is 10. The highest BCUT2D eigenvalue weighted by Gasteiger charge is 2.20. The van der Waals surface area contributed by atoms with E-state index in [0.717, 1.165) is 0 Å². The van der Waals surface area contributed by atoms with Crippen LogP contribution in [0.3, 0.4) is 0 Å². The van der Waals surface area contributed by atoms with E-state index in [1.807, 2.05) is 0 Å². The Balaban J connectivity index is 1.45. The van der Waals surface area contributed by atoms with Crippen molar-refractivity contribution in [3.8, 4) is 11.5 Å². The van der Waals surface area contributed by atoms with E-state index in [-0.39, 0.29) is 28.9 Å². The van der Waals surface area contributed by atoms with Gasteiger partial charge in [-0.2, -0.15) is 0 Å². The fourth-order valence-corrected chi connectivity index (χ4v) is 4.85. The first-order chi connectivity index (χ1) is 19.3. The predicted octanol–water partition coefficient (Wildman–Crippen LogP) is 4.36. The molecule has 204 valence electrons. The van der Waals surface area contributed by atoms with E-state index in [1.54, 1.807) is 54.6 Å². The summed E-state index contributed by atoms with van der Waals surface area (Å²) in [5, 5.41) is 9.35. The summed E-state index contributed by atoms with van der Waals surface area (Å²) >= 11 is 0. The lowest BCUT2D eigenvalue weighted by Gasteiger charge is -2.15. The van der Waals surface area contributed by atoms with Crippen molar-refractivity contribution in [2.24, 2.45) is 0 Å². The van der Waals surface area contributed by atoms with E-state index in [2.05, 4.69) is 30.5 Å². The van der Waals surface area contributed by atoms with Gasteiger partial charge in [0.15, 0.2) is 11.6 Å². The van der Waals surface area contributed by atoms with Crippen LogP contribution in [0.25, 0.3) is 11.0 Å². The second-order valence-electron chi connectivity index (χ2n) is 8.47. The zero-order valence-electron chi connectivity index (χ0n) is 21.4. The minimum Gasteiger partial charge on any atom is -0.497 e. The number of nitrogens with one attached hydrogen (secondary N) is 3. The van der Waals surface area contributed by atoms with Crippen molar-refractivity contribution in [2.45, 2.75) is 11.3 Å². The van der Waals surface area contributed by atoms with Crippen molar-refractivity contribution in [3.05, 3.63) is 84.8 Å². The van der Waals surface area contributed by atoms with Crippen molar-refractivity contribution in [3.63, 3.8) is 0 Å². The molecule has 5 aromatic rings. The molecule has 0 radical (unpaired) electrons. The molecule has 2 aromatic heterocycles. The van der Waals surface area contributed by atoms with Gasteiger partial charge in [0.1, 0.15) is 17.3 Å². The van der Waals surface area contributed by atoms with Gasteiger partial charge < -0.3 is 24.6 Å². The van der Waals surface area contributed by atoms with E-state index in [1.165, 1.54) is 38.6 Å². The normalized spacial score (nSPS) is 11.2. The van der Waals surface area contributed by atoms with Crippen molar-refractivity contribution in [1.82, 2.24) is 15.1 Å². The van der Waals surface area contributed by atoms with Crippen LogP contribution in [0, 0.1) is 0 Å². The molecule has 0 atom stereocenters. The van der Waals surface area contributed by atoms with Gasteiger partial charge >= 0.3 is 0 Å². The number of amides is 1. The lowest BCUT2D eigenvalue weighted by Crippen LogP contribution is -2.17. The zero-order chi connectivity index (χ0) is 28.1. The number of anilines is 4. The number of carbonyl (C=O) groups excluding carboxylic acids is 1. The van der Waals surface area contributed by atoms with E-state index >= 15 is 0 Å². The molecular formula is C27H24N6O6S. The maximum atomic E-state index is 13.5. The monoisotopic (exact) mass is 560 g/mol. The SMILES string of the molecule is COc1cc(Nc2nc3ccccc3nc2NS(=O)(=O)c2cccc(NC(=O)Cc3ccno3)c2)cc(OC)c1. The van der Waals surface area contributed by atoms with Gasteiger partial charge in [-0.1, -0.05) is 23.4 Å². The van der Waals surface area contributed by atoms with E-state index < -0.39 is 10.0 Å². The molecule has 0 aliphatic rings. The molecule has 0 spiro atoms. The first kappa shape index (κ1) is 26.4. The van der Waals surface area contributed by atoms with Gasteiger partial charge in [0, 0.05) is 35.6 Å². The Labute approximate surface area is 229 Å². The maximum absolute atomic E-state index is 13.5. The molecule has 0 saturated heterocycles. The van der Waals surface area contributed by atoms with Gasteiger partial charge in [-0.25, -0.2) is 18.4 Å². The Hall–Kier alpha value is -5.17. The van der Waals surface area contributed by atoms with Crippen LogP contribution in [0.5, 0.6) is 11.5 Å². The van der Waals surface area contributed by atoms with Crippen LogP contribution in [0.15, 0.2) is 88.4 Å². The Morgan fingerprint density at radius 2 is 1.55 bits per heavy atom. The molecular weight excluding hydrogens is 536 g/mol. The Morgan fingerprint density at radius 3 is 2.20 bits per heavy atom.